The summed E-state index contributed by atoms with van der Waals surface area (Å²) in [7, 11) is 1.34. The summed E-state index contributed by atoms with van der Waals surface area (Å²) in [5, 5.41) is 25.7. The monoisotopic (exact) mass is 968 g/mol. The number of nitrogens with one attached hydrogen (secondary N) is 2. The van der Waals surface area contributed by atoms with Crippen LogP contribution in [0.3, 0.4) is 0 Å². The third-order valence-electron chi connectivity index (χ3n) is 10.2. The summed E-state index contributed by atoms with van der Waals surface area (Å²) in [6, 6.07) is 21.4. The van der Waals surface area contributed by atoms with Crippen molar-refractivity contribution < 1.29 is 36.5 Å². The van der Waals surface area contributed by atoms with Crippen LogP contribution in [-0.2, 0) is 23.4 Å². The van der Waals surface area contributed by atoms with Crippen molar-refractivity contribution in [1.82, 2.24) is 49.5 Å². The van der Waals surface area contributed by atoms with E-state index in [1.165, 1.54) is 7.11 Å². The smallest absolute Gasteiger partial charge is 1.00 e. The summed E-state index contributed by atoms with van der Waals surface area (Å²) in [6.07, 6.45) is 11.1. The Hall–Kier alpha value is -6.87. The topological polar surface area (TPSA) is 254 Å². The Morgan fingerprint density at radius 1 is 0.667 bits per heavy atom. The molecule has 7 N–H and O–H groups in total. The van der Waals surface area contributed by atoms with Gasteiger partial charge in [-0.15, -0.1) is 0 Å². The van der Waals surface area contributed by atoms with Gasteiger partial charge in [-0.05, 0) is 79.8 Å². The maximum absolute atomic E-state index is 11.5. The number of nitrogen functional groups attached to an aromatic ring is 2. The third kappa shape index (κ3) is 14.6. The quantitative estimate of drug-likeness (QED) is 0.0335. The maximum atomic E-state index is 11.5. The number of pyridine rings is 2. The second-order valence-electron chi connectivity index (χ2n) is 15.8. The molecule has 0 spiro atoms. The number of carbonyl (C=O) groups excluding carboxylic acids is 1. The van der Waals surface area contributed by atoms with Crippen LogP contribution < -0.4 is 44.0 Å². The zero-order valence-corrected chi connectivity index (χ0v) is 41.9. The van der Waals surface area contributed by atoms with E-state index in [-0.39, 0.29) is 54.8 Å². The Morgan fingerprint density at radius 3 is 1.48 bits per heavy atom. The first-order valence-electron chi connectivity index (χ1n) is 21.6. The van der Waals surface area contributed by atoms with Crippen molar-refractivity contribution in [1.29, 1.82) is 0 Å². The molecule has 0 saturated carbocycles. The van der Waals surface area contributed by atoms with Gasteiger partial charge in [0.05, 0.1) is 43.8 Å². The van der Waals surface area contributed by atoms with Gasteiger partial charge in [-0.3, -0.25) is 9.36 Å². The van der Waals surface area contributed by atoms with E-state index in [1.54, 1.807) is 69.0 Å². The molecule has 0 bridgehead atoms. The minimum Gasteiger partial charge on any atom is -1.00 e. The second-order valence-corrected chi connectivity index (χ2v) is 15.8. The molecule has 8 aromatic rings. The second kappa shape index (κ2) is 25.5. The van der Waals surface area contributed by atoms with Crippen molar-refractivity contribution in [2.75, 3.05) is 42.3 Å². The number of rotatable bonds is 18. The van der Waals surface area contributed by atoms with Crippen LogP contribution in [0.4, 0.5) is 23.5 Å². The summed E-state index contributed by atoms with van der Waals surface area (Å²) in [5.41, 5.74) is 17.0. The molecule has 0 aliphatic heterocycles. The number of unbranched alkanes of at least 4 members (excludes halogenated alkanes) is 2. The fourth-order valence-corrected chi connectivity index (χ4v) is 6.71. The van der Waals surface area contributed by atoms with Crippen LogP contribution in [0, 0.1) is 7.43 Å². The molecule has 8 rings (SSSR count). The molecular weight excluding hydrogens is 912 g/mol. The number of ether oxygens (including phenoxy) is 3. The molecule has 0 aliphatic rings. The molecule has 69 heavy (non-hydrogen) atoms. The van der Waals surface area contributed by atoms with E-state index in [9.17, 15) is 9.90 Å². The van der Waals surface area contributed by atoms with E-state index in [1.807, 2.05) is 51.8 Å². The normalized spacial score (nSPS) is 10.8. The Bertz CT molecular complexity index is 2860. The maximum Gasteiger partial charge on any atom is 2.00 e. The molecule has 0 aliphatic carbocycles. The molecule has 0 radical (unpaired) electrons. The van der Waals surface area contributed by atoms with Crippen molar-refractivity contribution in [3.05, 3.63) is 127 Å². The predicted molar refractivity (Wildman–Crippen MR) is 265 cm³/mol. The molecule has 0 fully saturated rings. The van der Waals surface area contributed by atoms with Crippen molar-refractivity contribution in [2.24, 2.45) is 0 Å². The number of esters is 1. The first kappa shape index (κ1) is 54.7. The van der Waals surface area contributed by atoms with Gasteiger partial charge >= 0.3 is 29.0 Å². The number of fused-ring (bicyclic) bond motifs is 2. The minimum absolute atomic E-state index is 0. The van der Waals surface area contributed by atoms with Crippen molar-refractivity contribution in [3.63, 3.8) is 0 Å². The average Bonchev–Trinajstić information content (AvgIpc) is 3.91. The number of hydrogen-bond acceptors (Lipinski definition) is 17. The van der Waals surface area contributed by atoms with Gasteiger partial charge < -0.3 is 61.3 Å². The van der Waals surface area contributed by atoms with Gasteiger partial charge in [-0.2, -0.15) is 20.2 Å². The van der Waals surface area contributed by atoms with Crippen molar-refractivity contribution in [3.8, 4) is 23.3 Å². The van der Waals surface area contributed by atoms with Gasteiger partial charge in [-0.25, -0.2) is 24.7 Å². The first-order chi connectivity index (χ1) is 31.9. The summed E-state index contributed by atoms with van der Waals surface area (Å²) in [6.45, 7) is 10.4. The number of aliphatic hydroxyl groups is 1. The summed E-state index contributed by atoms with van der Waals surface area (Å²) in [4.78, 5) is 37.7. The molecule has 0 saturated heterocycles. The molecule has 0 amide bonds. The molecular formula is C48H57ClMgN14O5. The van der Waals surface area contributed by atoms with Gasteiger partial charge in [0.2, 0.25) is 23.7 Å². The average molecular weight is 970 g/mol. The third-order valence-corrected chi connectivity index (χ3v) is 10.2. The zero-order valence-electron chi connectivity index (χ0n) is 39.7. The number of nitrogens with two attached hydrogens (primary N) is 2. The SMILES string of the molecule is CCCCNc1nc(N)nc2cnn(Cc3ccc(Oc4ccc(C(=O)OC)cc4)nc3)c12.CCCCNc1nc(N)nc2cnn(Cc3ccc(Oc4ccc(C(C)(C)O)cc4)nc3)c12.[CH3-].[Cl-].[Mg+2]. The largest absolute Gasteiger partial charge is 2.00 e. The van der Waals surface area contributed by atoms with Gasteiger partial charge in [0.25, 0.3) is 0 Å². The number of halogens is 1. The number of anilines is 4. The van der Waals surface area contributed by atoms with E-state index in [0.29, 0.717) is 64.6 Å². The molecule has 6 heterocycles. The molecule has 19 nitrogen and oxygen atoms in total. The number of nitrogens with zero attached hydrogens (tertiary/aromatic N) is 10. The predicted octanol–water partition coefficient (Wildman–Crippen LogP) is 4.80. The van der Waals surface area contributed by atoms with Crippen molar-refractivity contribution in [2.45, 2.75) is 72.1 Å². The van der Waals surface area contributed by atoms with E-state index in [2.05, 4.69) is 64.6 Å². The fourth-order valence-electron chi connectivity index (χ4n) is 6.71. The number of aromatic nitrogens is 10. The minimum atomic E-state index is -0.892. The van der Waals surface area contributed by atoms with Gasteiger partial charge in [0.1, 0.15) is 33.6 Å². The van der Waals surface area contributed by atoms with Crippen LogP contribution in [0.15, 0.2) is 97.6 Å². The Balaban J connectivity index is 0.000000288. The fraction of sp³-hybridized carbons (Fsp3) is 0.292. The first-order valence-corrected chi connectivity index (χ1v) is 21.6. The van der Waals surface area contributed by atoms with Crippen LogP contribution >= 0.6 is 0 Å². The van der Waals surface area contributed by atoms with E-state index < -0.39 is 11.6 Å². The van der Waals surface area contributed by atoms with Gasteiger partial charge in [-0.1, -0.05) is 51.0 Å². The summed E-state index contributed by atoms with van der Waals surface area (Å²) >= 11 is 0. The van der Waals surface area contributed by atoms with Crippen LogP contribution in [0.5, 0.6) is 23.3 Å². The number of hydrogen-bond donors (Lipinski definition) is 5. The standard InChI is InChI=1S/C24H29N7O2.C23H25N7O3.CH3.ClH.Mg/c1-4-5-12-26-22-21-19(29-23(25)30-22)14-28-31(21)15-16-6-11-20(27-13-16)33-18-9-7-17(8-10-18)24(2,3)32;1-3-4-11-25-21-20-18(28-23(24)29-21)13-27-30(20)14-15-5-10-19(26-12-15)33-17-8-6-16(7-9-17)22(31)32-2;;;/h6-11,13-14,32H,4-5,12,15H2,1-3H3,(H3,25,26,29,30);5-10,12-13H,3-4,11,14H2,1-2H3,(H3,24,25,28,29);1H3;1H;/q;;-1;;+2/p-1. The molecule has 6 aromatic heterocycles. The summed E-state index contributed by atoms with van der Waals surface area (Å²) < 4.78 is 20.0. The molecule has 2 aromatic carbocycles. The molecule has 0 unspecified atom stereocenters. The van der Waals surface area contributed by atoms with Gasteiger partial charge in [0, 0.05) is 37.6 Å². The van der Waals surface area contributed by atoms with Crippen LogP contribution in [0.25, 0.3) is 22.1 Å². The van der Waals surface area contributed by atoms with Gasteiger partial charge in [0.15, 0.2) is 11.6 Å². The zero-order chi connectivity index (χ0) is 46.6. The molecule has 358 valence electrons. The van der Waals surface area contributed by atoms with E-state index >= 15 is 0 Å². The van der Waals surface area contributed by atoms with Crippen molar-refractivity contribution >= 4 is 74.6 Å². The van der Waals surface area contributed by atoms with Crippen LogP contribution in [0.2, 0.25) is 0 Å². The molecule has 21 heteroatoms. The van der Waals surface area contributed by atoms with E-state index in [0.717, 1.165) is 66.5 Å². The van der Waals surface area contributed by atoms with Crippen LogP contribution in [-0.4, -0.2) is 104 Å². The van der Waals surface area contributed by atoms with E-state index in [4.69, 9.17) is 25.7 Å². The Morgan fingerprint density at radius 2 is 1.10 bits per heavy atom. The van der Waals surface area contributed by atoms with Crippen LogP contribution in [0.1, 0.15) is 80.4 Å². The Labute approximate surface area is 423 Å². The number of methoxy groups -OCH3 is 1. The number of carbonyl (C=O) groups is 1. The summed E-state index contributed by atoms with van der Waals surface area (Å²) in [5.74, 6) is 3.54. The molecule has 0 atom stereocenters. The Kier molecular flexibility index (Phi) is 20.2. The number of benzene rings is 2.